The molecule has 1 amide bonds. The summed E-state index contributed by atoms with van der Waals surface area (Å²) in [6.45, 7) is 5.04. The van der Waals surface area contributed by atoms with Crippen LogP contribution in [0.1, 0.15) is 52.4 Å². The molecule has 0 spiro atoms. The van der Waals surface area contributed by atoms with Crippen molar-refractivity contribution in [1.29, 1.82) is 0 Å². The number of nitrogens with zero attached hydrogens (tertiary/aromatic N) is 3. The molecule has 23 heavy (non-hydrogen) atoms. The van der Waals surface area contributed by atoms with Gasteiger partial charge in [-0.25, -0.2) is 4.98 Å². The molecule has 1 N–H and O–H groups in total. The standard InChI is InChI=1S/C18H28N4O/c1-12(2)16(9-22-11-19-10-20-22)21-17(23)18-6-13-3-14(7-18)5-15(4-13)8-18/h10-16H,3-9H2,1-2H3,(H,21,23)/t13?,14?,15?,16-,18?/m1/s1. The molecule has 126 valence electrons. The number of aromatic nitrogens is 3. The van der Waals surface area contributed by atoms with Gasteiger partial charge in [0, 0.05) is 5.41 Å². The summed E-state index contributed by atoms with van der Waals surface area (Å²) in [6, 6.07) is 0.122. The molecule has 4 bridgehead atoms. The van der Waals surface area contributed by atoms with E-state index in [0.29, 0.717) is 18.4 Å². The van der Waals surface area contributed by atoms with Crippen LogP contribution in [0.2, 0.25) is 0 Å². The second-order valence-corrected chi connectivity index (χ2v) is 8.64. The Morgan fingerprint density at radius 2 is 1.83 bits per heavy atom. The van der Waals surface area contributed by atoms with E-state index in [2.05, 4.69) is 29.2 Å². The molecule has 4 fully saturated rings. The van der Waals surface area contributed by atoms with Crippen molar-refractivity contribution in [1.82, 2.24) is 20.1 Å². The van der Waals surface area contributed by atoms with Crippen LogP contribution in [0.3, 0.4) is 0 Å². The van der Waals surface area contributed by atoms with Gasteiger partial charge in [-0.05, 0) is 62.2 Å². The Kier molecular flexibility index (Phi) is 3.69. The van der Waals surface area contributed by atoms with E-state index < -0.39 is 0 Å². The molecule has 1 aromatic heterocycles. The molecule has 0 unspecified atom stereocenters. The third-order valence-electron chi connectivity index (χ3n) is 6.49. The van der Waals surface area contributed by atoms with E-state index in [0.717, 1.165) is 37.0 Å². The molecule has 5 heteroatoms. The van der Waals surface area contributed by atoms with Gasteiger partial charge in [0.2, 0.25) is 5.91 Å². The number of amides is 1. The first-order valence-electron chi connectivity index (χ1n) is 9.17. The topological polar surface area (TPSA) is 59.8 Å². The van der Waals surface area contributed by atoms with Crippen molar-refractivity contribution in [3.63, 3.8) is 0 Å². The normalized spacial score (nSPS) is 36.4. The third-order valence-corrected chi connectivity index (χ3v) is 6.49. The number of hydrogen-bond donors (Lipinski definition) is 1. The van der Waals surface area contributed by atoms with Gasteiger partial charge in [-0.2, -0.15) is 5.10 Å². The quantitative estimate of drug-likeness (QED) is 0.908. The average Bonchev–Trinajstić information content (AvgIpc) is 2.98. The first kappa shape index (κ1) is 15.2. The molecule has 5 nitrogen and oxygen atoms in total. The number of carbonyl (C=O) groups excluding carboxylic acids is 1. The average molecular weight is 316 g/mol. The number of hydrogen-bond acceptors (Lipinski definition) is 3. The molecule has 4 aliphatic carbocycles. The summed E-state index contributed by atoms with van der Waals surface area (Å²) in [4.78, 5) is 17.2. The Bertz CT molecular complexity index is 530. The van der Waals surface area contributed by atoms with Crippen molar-refractivity contribution in [2.45, 2.75) is 65.0 Å². The van der Waals surface area contributed by atoms with Gasteiger partial charge in [0.15, 0.2) is 0 Å². The van der Waals surface area contributed by atoms with Crippen molar-refractivity contribution in [2.24, 2.45) is 29.1 Å². The van der Waals surface area contributed by atoms with Gasteiger partial charge < -0.3 is 5.32 Å². The van der Waals surface area contributed by atoms with Gasteiger partial charge in [-0.1, -0.05) is 13.8 Å². The predicted molar refractivity (Wildman–Crippen MR) is 87.4 cm³/mol. The molecule has 4 aliphatic rings. The van der Waals surface area contributed by atoms with Crippen LogP contribution in [0.4, 0.5) is 0 Å². The lowest BCUT2D eigenvalue weighted by molar-refractivity contribution is -0.147. The minimum absolute atomic E-state index is 0.0652. The maximum atomic E-state index is 13.2. The third kappa shape index (κ3) is 2.79. The molecule has 4 saturated carbocycles. The molecule has 0 saturated heterocycles. The molecule has 1 aromatic rings. The Morgan fingerprint density at radius 3 is 2.30 bits per heavy atom. The first-order valence-corrected chi connectivity index (χ1v) is 9.17. The summed E-state index contributed by atoms with van der Waals surface area (Å²) in [7, 11) is 0. The predicted octanol–water partition coefficient (Wildman–Crippen LogP) is 2.64. The lowest BCUT2D eigenvalue weighted by Crippen LogP contribution is -2.56. The number of rotatable bonds is 5. The molecule has 0 aromatic carbocycles. The zero-order chi connectivity index (χ0) is 16.0. The van der Waals surface area contributed by atoms with E-state index >= 15 is 0 Å². The van der Waals surface area contributed by atoms with Gasteiger partial charge in [0.05, 0.1) is 12.6 Å². The van der Waals surface area contributed by atoms with Crippen LogP contribution in [-0.4, -0.2) is 26.7 Å². The highest BCUT2D eigenvalue weighted by Crippen LogP contribution is 2.60. The maximum Gasteiger partial charge on any atom is 0.226 e. The van der Waals surface area contributed by atoms with E-state index in [9.17, 15) is 4.79 Å². The molecule has 1 heterocycles. The molecule has 0 aliphatic heterocycles. The maximum absolute atomic E-state index is 13.2. The van der Waals surface area contributed by atoms with E-state index in [4.69, 9.17) is 0 Å². The largest absolute Gasteiger partial charge is 0.351 e. The summed E-state index contributed by atoms with van der Waals surface area (Å²) in [5.41, 5.74) is -0.0652. The van der Waals surface area contributed by atoms with Gasteiger partial charge in [-0.15, -0.1) is 0 Å². The minimum Gasteiger partial charge on any atom is -0.351 e. The summed E-state index contributed by atoms with van der Waals surface area (Å²) < 4.78 is 1.82. The van der Waals surface area contributed by atoms with Crippen molar-refractivity contribution < 1.29 is 4.79 Å². The van der Waals surface area contributed by atoms with Crippen LogP contribution in [0.25, 0.3) is 0 Å². The lowest BCUT2D eigenvalue weighted by Gasteiger charge is -2.56. The van der Waals surface area contributed by atoms with Gasteiger partial charge >= 0.3 is 0 Å². The second-order valence-electron chi connectivity index (χ2n) is 8.64. The van der Waals surface area contributed by atoms with E-state index in [-0.39, 0.29) is 11.5 Å². The molecular formula is C18H28N4O. The van der Waals surface area contributed by atoms with Gasteiger partial charge in [0.25, 0.3) is 0 Å². The van der Waals surface area contributed by atoms with E-state index in [1.165, 1.54) is 19.3 Å². The zero-order valence-corrected chi connectivity index (χ0v) is 14.2. The number of nitrogens with one attached hydrogen (secondary N) is 1. The van der Waals surface area contributed by atoms with Crippen LogP contribution in [-0.2, 0) is 11.3 Å². The van der Waals surface area contributed by atoms with Crippen LogP contribution >= 0.6 is 0 Å². The monoisotopic (exact) mass is 316 g/mol. The van der Waals surface area contributed by atoms with Gasteiger partial charge in [0.1, 0.15) is 12.7 Å². The summed E-state index contributed by atoms with van der Waals surface area (Å²) in [5, 5.41) is 7.58. The van der Waals surface area contributed by atoms with Crippen LogP contribution in [0.15, 0.2) is 12.7 Å². The fraction of sp³-hybridized carbons (Fsp3) is 0.833. The van der Waals surface area contributed by atoms with Crippen molar-refractivity contribution in [2.75, 3.05) is 0 Å². The Hall–Kier alpha value is -1.39. The molecule has 1 atom stereocenters. The molecule has 0 radical (unpaired) electrons. The number of carbonyl (C=O) groups is 1. The summed E-state index contributed by atoms with van der Waals surface area (Å²) in [5.74, 6) is 3.12. The Balaban J connectivity index is 1.47. The van der Waals surface area contributed by atoms with Crippen LogP contribution in [0, 0.1) is 29.1 Å². The van der Waals surface area contributed by atoms with Gasteiger partial charge in [-0.3, -0.25) is 9.48 Å². The highest BCUT2D eigenvalue weighted by Gasteiger charge is 2.54. The van der Waals surface area contributed by atoms with E-state index in [1.807, 2.05) is 4.68 Å². The fourth-order valence-electron chi connectivity index (χ4n) is 5.66. The summed E-state index contributed by atoms with van der Waals surface area (Å²) >= 11 is 0. The van der Waals surface area contributed by atoms with Crippen molar-refractivity contribution in [3.8, 4) is 0 Å². The Labute approximate surface area is 138 Å². The highest BCUT2D eigenvalue weighted by molar-refractivity contribution is 5.83. The lowest BCUT2D eigenvalue weighted by atomic mass is 9.49. The highest BCUT2D eigenvalue weighted by atomic mass is 16.2. The first-order chi connectivity index (χ1) is 11.0. The minimum atomic E-state index is -0.0652. The van der Waals surface area contributed by atoms with Crippen molar-refractivity contribution in [3.05, 3.63) is 12.7 Å². The molecular weight excluding hydrogens is 288 g/mol. The second kappa shape index (κ2) is 5.60. The van der Waals surface area contributed by atoms with Crippen LogP contribution in [0.5, 0.6) is 0 Å². The zero-order valence-electron chi connectivity index (χ0n) is 14.2. The van der Waals surface area contributed by atoms with E-state index in [1.54, 1.807) is 12.7 Å². The molecule has 5 rings (SSSR count). The smallest absolute Gasteiger partial charge is 0.226 e. The van der Waals surface area contributed by atoms with Crippen molar-refractivity contribution >= 4 is 5.91 Å². The summed E-state index contributed by atoms with van der Waals surface area (Å²) in [6.07, 6.45) is 10.8. The Morgan fingerprint density at radius 1 is 1.22 bits per heavy atom. The fourth-order valence-corrected chi connectivity index (χ4v) is 5.66. The SMILES string of the molecule is CC(C)[C@@H](Cn1cncn1)NC(=O)C12CC3CC(CC(C3)C1)C2. The van der Waals surface area contributed by atoms with Crippen LogP contribution < -0.4 is 5.32 Å².